The van der Waals surface area contributed by atoms with Crippen LogP contribution in [0.2, 0.25) is 0 Å². The van der Waals surface area contributed by atoms with E-state index in [9.17, 15) is 9.59 Å². The number of nitrogens with one attached hydrogen (secondary N) is 2. The number of amides is 2. The Morgan fingerprint density at radius 1 is 1.15 bits per heavy atom. The molecule has 0 bridgehead atoms. The van der Waals surface area contributed by atoms with Gasteiger partial charge in [0, 0.05) is 30.8 Å². The van der Waals surface area contributed by atoms with Crippen LogP contribution in [0.3, 0.4) is 0 Å². The van der Waals surface area contributed by atoms with E-state index >= 15 is 0 Å². The van der Waals surface area contributed by atoms with Crippen LogP contribution in [0.15, 0.2) is 36.5 Å². The van der Waals surface area contributed by atoms with Crippen molar-refractivity contribution in [2.75, 3.05) is 41.8 Å². The number of anilines is 3. The second kappa shape index (κ2) is 7.13. The highest BCUT2D eigenvalue weighted by Gasteiger charge is 2.17. The van der Waals surface area contributed by atoms with Gasteiger partial charge in [-0.2, -0.15) is 0 Å². The van der Waals surface area contributed by atoms with Crippen molar-refractivity contribution in [3.05, 3.63) is 47.7 Å². The maximum Gasteiger partial charge on any atom is 0.255 e. The molecule has 0 unspecified atom stereocenters. The molecule has 4 rings (SSSR count). The van der Waals surface area contributed by atoms with Gasteiger partial charge in [-0.05, 0) is 42.3 Å². The second-order valence-corrected chi connectivity index (χ2v) is 6.38. The van der Waals surface area contributed by atoms with Gasteiger partial charge in [-0.3, -0.25) is 9.59 Å². The number of nitrogens with zero attached hydrogens (tertiary/aromatic N) is 2. The molecule has 7 heteroatoms. The zero-order valence-electron chi connectivity index (χ0n) is 14.3. The topological polar surface area (TPSA) is 83.6 Å². The number of carbonyl (C=O) groups is 2. The van der Waals surface area contributed by atoms with Crippen molar-refractivity contribution in [2.45, 2.75) is 12.8 Å². The van der Waals surface area contributed by atoms with Gasteiger partial charge >= 0.3 is 0 Å². The summed E-state index contributed by atoms with van der Waals surface area (Å²) in [7, 11) is 0. The number of ether oxygens (including phenoxy) is 1. The number of hydrogen-bond acceptors (Lipinski definition) is 5. The highest BCUT2D eigenvalue weighted by atomic mass is 16.5. The van der Waals surface area contributed by atoms with Gasteiger partial charge in [0.1, 0.15) is 5.82 Å². The van der Waals surface area contributed by atoms with Gasteiger partial charge in [0.15, 0.2) is 0 Å². The van der Waals surface area contributed by atoms with Crippen molar-refractivity contribution >= 4 is 29.0 Å². The number of aryl methyl sites for hydroxylation is 1. The molecule has 7 nitrogen and oxygen atoms in total. The summed E-state index contributed by atoms with van der Waals surface area (Å²) in [6.07, 6.45) is 2.77. The van der Waals surface area contributed by atoms with E-state index < -0.39 is 0 Å². The largest absolute Gasteiger partial charge is 0.378 e. The van der Waals surface area contributed by atoms with Crippen LogP contribution in [-0.4, -0.2) is 43.1 Å². The predicted molar refractivity (Wildman–Crippen MR) is 98.6 cm³/mol. The van der Waals surface area contributed by atoms with Crippen LogP contribution >= 0.6 is 0 Å². The molecule has 2 aliphatic heterocycles. The smallest absolute Gasteiger partial charge is 0.255 e. The van der Waals surface area contributed by atoms with E-state index in [-0.39, 0.29) is 11.8 Å². The zero-order chi connectivity index (χ0) is 17.9. The molecule has 1 aromatic carbocycles. The van der Waals surface area contributed by atoms with Crippen molar-refractivity contribution in [1.82, 2.24) is 4.98 Å². The van der Waals surface area contributed by atoms with Crippen molar-refractivity contribution in [1.29, 1.82) is 0 Å². The minimum atomic E-state index is -0.189. The van der Waals surface area contributed by atoms with Crippen LogP contribution in [0.5, 0.6) is 0 Å². The Morgan fingerprint density at radius 3 is 2.77 bits per heavy atom. The van der Waals surface area contributed by atoms with Crippen LogP contribution < -0.4 is 15.5 Å². The van der Waals surface area contributed by atoms with E-state index in [0.29, 0.717) is 37.3 Å². The lowest BCUT2D eigenvalue weighted by Crippen LogP contribution is -2.36. The van der Waals surface area contributed by atoms with Crippen LogP contribution in [0.4, 0.5) is 17.2 Å². The lowest BCUT2D eigenvalue weighted by atomic mass is 10.00. The standard InChI is InChI=1S/C19H20N4O3/c24-18-6-2-13-11-14(1-4-16(13)22-18)19(25)21-15-3-5-17(20-12-15)23-7-9-26-10-8-23/h1,3-5,11-12H,2,6-10H2,(H,21,25)(H,22,24). The fourth-order valence-corrected chi connectivity index (χ4v) is 3.17. The van der Waals surface area contributed by atoms with Gasteiger partial charge < -0.3 is 20.3 Å². The minimum absolute atomic E-state index is 0.0149. The summed E-state index contributed by atoms with van der Waals surface area (Å²) in [5.41, 5.74) is 2.99. The van der Waals surface area contributed by atoms with E-state index in [1.54, 1.807) is 18.3 Å². The quantitative estimate of drug-likeness (QED) is 0.883. The van der Waals surface area contributed by atoms with Crippen LogP contribution in [0.25, 0.3) is 0 Å². The van der Waals surface area contributed by atoms with Crippen LogP contribution in [0.1, 0.15) is 22.3 Å². The molecule has 1 fully saturated rings. The van der Waals surface area contributed by atoms with Crippen LogP contribution in [-0.2, 0) is 16.0 Å². The van der Waals surface area contributed by atoms with E-state index in [2.05, 4.69) is 20.5 Å². The van der Waals surface area contributed by atoms with Crippen molar-refractivity contribution in [3.63, 3.8) is 0 Å². The molecular weight excluding hydrogens is 332 g/mol. The van der Waals surface area contributed by atoms with Crippen molar-refractivity contribution in [3.8, 4) is 0 Å². The maximum atomic E-state index is 12.5. The predicted octanol–water partition coefficient (Wildman–Crippen LogP) is 2.06. The normalized spacial score (nSPS) is 16.6. The average Bonchev–Trinajstić information content (AvgIpc) is 2.69. The summed E-state index contributed by atoms with van der Waals surface area (Å²) in [6, 6.07) is 9.09. The van der Waals surface area contributed by atoms with E-state index in [1.165, 1.54) is 0 Å². The SMILES string of the molecule is O=C1CCc2cc(C(=O)Nc3ccc(N4CCOCC4)nc3)ccc2N1. The first-order chi connectivity index (χ1) is 12.7. The van der Waals surface area contributed by atoms with Gasteiger partial charge in [0.05, 0.1) is 25.1 Å². The second-order valence-electron chi connectivity index (χ2n) is 6.38. The third kappa shape index (κ3) is 3.52. The third-order valence-corrected chi connectivity index (χ3v) is 4.60. The maximum absolute atomic E-state index is 12.5. The van der Waals surface area contributed by atoms with Gasteiger partial charge in [0.25, 0.3) is 5.91 Å². The monoisotopic (exact) mass is 352 g/mol. The van der Waals surface area contributed by atoms with Gasteiger partial charge in [0.2, 0.25) is 5.91 Å². The summed E-state index contributed by atoms with van der Waals surface area (Å²) in [5, 5.41) is 5.69. The van der Waals surface area contributed by atoms with Gasteiger partial charge in [-0.15, -0.1) is 0 Å². The molecule has 0 aliphatic carbocycles. The number of carbonyl (C=O) groups excluding carboxylic acids is 2. The molecule has 2 aromatic rings. The Hall–Kier alpha value is -2.93. The molecule has 134 valence electrons. The van der Waals surface area contributed by atoms with Gasteiger partial charge in [-0.25, -0.2) is 4.98 Å². The fourth-order valence-electron chi connectivity index (χ4n) is 3.17. The van der Waals surface area contributed by atoms with Crippen molar-refractivity contribution < 1.29 is 14.3 Å². The van der Waals surface area contributed by atoms with Gasteiger partial charge in [-0.1, -0.05) is 0 Å². The Balaban J connectivity index is 1.44. The molecule has 0 saturated carbocycles. The number of morpholine rings is 1. The number of fused-ring (bicyclic) bond motifs is 1. The highest BCUT2D eigenvalue weighted by Crippen LogP contribution is 2.24. The molecule has 3 heterocycles. The number of rotatable bonds is 3. The lowest BCUT2D eigenvalue weighted by Gasteiger charge is -2.27. The van der Waals surface area contributed by atoms with Crippen molar-refractivity contribution in [2.24, 2.45) is 0 Å². The molecule has 2 aliphatic rings. The van der Waals surface area contributed by atoms with Crippen LogP contribution in [0, 0.1) is 0 Å². The Labute approximate surface area is 151 Å². The average molecular weight is 352 g/mol. The molecular formula is C19H20N4O3. The summed E-state index contributed by atoms with van der Waals surface area (Å²) in [5.74, 6) is 0.711. The van der Waals surface area contributed by atoms with E-state index in [4.69, 9.17) is 4.74 Å². The number of benzene rings is 1. The Kier molecular flexibility index (Phi) is 4.53. The molecule has 26 heavy (non-hydrogen) atoms. The Bertz CT molecular complexity index is 829. The molecule has 0 radical (unpaired) electrons. The number of hydrogen-bond donors (Lipinski definition) is 2. The number of aromatic nitrogens is 1. The zero-order valence-corrected chi connectivity index (χ0v) is 14.3. The first kappa shape index (κ1) is 16.5. The fraction of sp³-hybridized carbons (Fsp3) is 0.316. The molecule has 0 atom stereocenters. The lowest BCUT2D eigenvalue weighted by molar-refractivity contribution is -0.116. The third-order valence-electron chi connectivity index (χ3n) is 4.60. The number of pyridine rings is 1. The summed E-state index contributed by atoms with van der Waals surface area (Å²) in [4.78, 5) is 30.5. The van der Waals surface area contributed by atoms with E-state index in [1.807, 2.05) is 18.2 Å². The first-order valence-corrected chi connectivity index (χ1v) is 8.72. The summed E-state index contributed by atoms with van der Waals surface area (Å²) in [6.45, 7) is 3.06. The molecule has 2 amide bonds. The highest BCUT2D eigenvalue weighted by molar-refractivity contribution is 6.05. The van der Waals surface area contributed by atoms with E-state index in [0.717, 1.165) is 30.2 Å². The molecule has 2 N–H and O–H groups in total. The molecule has 1 aromatic heterocycles. The minimum Gasteiger partial charge on any atom is -0.378 e. The summed E-state index contributed by atoms with van der Waals surface area (Å²) < 4.78 is 5.34. The summed E-state index contributed by atoms with van der Waals surface area (Å²) >= 11 is 0. The Morgan fingerprint density at radius 2 is 2.00 bits per heavy atom. The first-order valence-electron chi connectivity index (χ1n) is 8.72. The molecule has 0 spiro atoms. The molecule has 1 saturated heterocycles.